The van der Waals surface area contributed by atoms with Crippen LogP contribution in [0.1, 0.15) is 21.9 Å². The van der Waals surface area contributed by atoms with Crippen LogP contribution in [0.15, 0.2) is 64.1 Å². The van der Waals surface area contributed by atoms with Crippen molar-refractivity contribution in [1.29, 1.82) is 0 Å². The summed E-state index contributed by atoms with van der Waals surface area (Å²) in [5, 5.41) is 0.467. The molecule has 0 bridgehead atoms. The van der Waals surface area contributed by atoms with E-state index >= 15 is 0 Å². The van der Waals surface area contributed by atoms with Crippen molar-refractivity contribution in [2.45, 2.75) is 13.0 Å². The fourth-order valence-electron chi connectivity index (χ4n) is 3.47. The Labute approximate surface area is 159 Å². The number of hydrogen-bond acceptors (Lipinski definition) is 5. The minimum Gasteiger partial charge on any atom is -0.451 e. The zero-order valence-corrected chi connectivity index (χ0v) is 14.9. The third-order valence-electron chi connectivity index (χ3n) is 4.90. The van der Waals surface area contributed by atoms with Crippen molar-refractivity contribution in [3.8, 4) is 11.4 Å². The maximum absolute atomic E-state index is 12.9. The second-order valence-electron chi connectivity index (χ2n) is 6.70. The van der Waals surface area contributed by atoms with Crippen molar-refractivity contribution in [3.63, 3.8) is 0 Å². The van der Waals surface area contributed by atoms with E-state index in [1.165, 1.54) is 6.07 Å². The summed E-state index contributed by atoms with van der Waals surface area (Å²) >= 11 is 0. The van der Waals surface area contributed by atoms with Gasteiger partial charge >= 0.3 is 0 Å². The molecule has 5 rings (SSSR count). The van der Waals surface area contributed by atoms with Gasteiger partial charge in [0.05, 0.1) is 23.3 Å². The minimum atomic E-state index is -0.300. The predicted octanol–water partition coefficient (Wildman–Crippen LogP) is 2.78. The van der Waals surface area contributed by atoms with Crippen molar-refractivity contribution in [2.24, 2.45) is 0 Å². The summed E-state index contributed by atoms with van der Waals surface area (Å²) in [4.78, 5) is 38.9. The van der Waals surface area contributed by atoms with Crippen molar-refractivity contribution in [3.05, 3.63) is 82.2 Å². The van der Waals surface area contributed by atoms with Gasteiger partial charge in [0.1, 0.15) is 11.4 Å². The van der Waals surface area contributed by atoms with Gasteiger partial charge in [-0.1, -0.05) is 12.1 Å². The van der Waals surface area contributed by atoms with E-state index in [2.05, 4.69) is 15.0 Å². The number of fused-ring (bicyclic) bond motifs is 2. The molecule has 0 fully saturated rings. The lowest BCUT2D eigenvalue weighted by atomic mass is 10.1. The van der Waals surface area contributed by atoms with Gasteiger partial charge in [-0.2, -0.15) is 0 Å². The largest absolute Gasteiger partial charge is 0.451 e. The van der Waals surface area contributed by atoms with E-state index in [0.29, 0.717) is 30.5 Å². The number of aromatic amines is 1. The second-order valence-corrected chi connectivity index (χ2v) is 6.70. The molecule has 7 heteroatoms. The number of pyridine rings is 1. The molecular weight excluding hydrogens is 356 g/mol. The molecule has 3 aromatic heterocycles. The number of carbonyl (C=O) groups excluding carboxylic acids is 1. The molecule has 1 aromatic carbocycles. The van der Waals surface area contributed by atoms with Gasteiger partial charge < -0.3 is 14.3 Å². The Morgan fingerprint density at radius 3 is 2.93 bits per heavy atom. The number of benzene rings is 1. The molecule has 1 N–H and O–H groups in total. The molecule has 4 aromatic rings. The van der Waals surface area contributed by atoms with E-state index in [4.69, 9.17) is 4.42 Å². The lowest BCUT2D eigenvalue weighted by Gasteiger charge is -2.25. The van der Waals surface area contributed by atoms with Crippen molar-refractivity contribution in [1.82, 2.24) is 19.9 Å². The smallest absolute Gasteiger partial charge is 0.290 e. The van der Waals surface area contributed by atoms with Crippen LogP contribution in [0.25, 0.3) is 22.4 Å². The first kappa shape index (κ1) is 16.4. The summed E-state index contributed by atoms with van der Waals surface area (Å²) in [7, 11) is 0. The molecule has 4 heterocycles. The summed E-state index contributed by atoms with van der Waals surface area (Å²) in [6.07, 6.45) is 4.09. The SMILES string of the molecule is O=C(c1cc(=O)c2ccccc2o1)N1CCc2nc(-c3cccnc3)[nH]c2C1. The van der Waals surface area contributed by atoms with Gasteiger partial charge in [-0.25, -0.2) is 4.98 Å². The Balaban J connectivity index is 1.44. The van der Waals surface area contributed by atoms with E-state index in [1.807, 2.05) is 12.1 Å². The number of amides is 1. The van der Waals surface area contributed by atoms with Crippen LogP contribution < -0.4 is 5.43 Å². The van der Waals surface area contributed by atoms with Crippen LogP contribution in [0.3, 0.4) is 0 Å². The molecule has 0 saturated heterocycles. The molecule has 0 saturated carbocycles. The summed E-state index contributed by atoms with van der Waals surface area (Å²) in [6, 6.07) is 12.0. The third-order valence-corrected chi connectivity index (χ3v) is 4.90. The summed E-state index contributed by atoms with van der Waals surface area (Å²) < 4.78 is 5.69. The minimum absolute atomic E-state index is 0.0548. The van der Waals surface area contributed by atoms with Crippen molar-refractivity contribution >= 4 is 16.9 Å². The predicted molar refractivity (Wildman–Crippen MR) is 103 cm³/mol. The first-order chi connectivity index (χ1) is 13.7. The number of nitrogens with one attached hydrogen (secondary N) is 1. The van der Waals surface area contributed by atoms with E-state index in [-0.39, 0.29) is 17.1 Å². The number of carbonyl (C=O) groups is 1. The third kappa shape index (κ3) is 2.77. The van der Waals surface area contributed by atoms with E-state index < -0.39 is 0 Å². The van der Waals surface area contributed by atoms with Crippen LogP contribution in [0.2, 0.25) is 0 Å². The fourth-order valence-corrected chi connectivity index (χ4v) is 3.47. The highest BCUT2D eigenvalue weighted by Gasteiger charge is 2.26. The second kappa shape index (κ2) is 6.45. The van der Waals surface area contributed by atoms with Gasteiger partial charge in [0.15, 0.2) is 11.2 Å². The quantitative estimate of drug-likeness (QED) is 0.584. The van der Waals surface area contributed by atoms with Gasteiger partial charge in [-0.3, -0.25) is 14.6 Å². The number of nitrogens with zero attached hydrogens (tertiary/aromatic N) is 3. The Morgan fingerprint density at radius 2 is 2.07 bits per heavy atom. The Bertz CT molecular complexity index is 1240. The monoisotopic (exact) mass is 372 g/mol. The first-order valence-corrected chi connectivity index (χ1v) is 8.99. The molecule has 138 valence electrons. The van der Waals surface area contributed by atoms with Crippen LogP contribution in [0, 0.1) is 0 Å². The highest BCUT2D eigenvalue weighted by atomic mass is 16.3. The number of hydrogen-bond donors (Lipinski definition) is 1. The van der Waals surface area contributed by atoms with Crippen LogP contribution in [0.5, 0.6) is 0 Å². The average Bonchev–Trinajstić information content (AvgIpc) is 3.17. The Hall–Kier alpha value is -3.74. The molecule has 0 unspecified atom stereocenters. The van der Waals surface area contributed by atoms with Gasteiger partial charge in [-0.05, 0) is 24.3 Å². The normalized spacial score (nSPS) is 13.5. The summed E-state index contributed by atoms with van der Waals surface area (Å²) in [5.74, 6) is 0.495. The van der Waals surface area contributed by atoms with Crippen LogP contribution in [-0.2, 0) is 13.0 Å². The van der Waals surface area contributed by atoms with Crippen LogP contribution in [-0.4, -0.2) is 32.3 Å². The fraction of sp³-hybridized carbons (Fsp3) is 0.143. The van der Waals surface area contributed by atoms with Crippen molar-refractivity contribution in [2.75, 3.05) is 6.54 Å². The maximum atomic E-state index is 12.9. The zero-order chi connectivity index (χ0) is 19.1. The van der Waals surface area contributed by atoms with Crippen LogP contribution in [0.4, 0.5) is 0 Å². The number of H-pyrrole nitrogens is 1. The molecule has 0 atom stereocenters. The standard InChI is InChI=1S/C21H16N4O3/c26-17-10-19(28-18-6-2-1-5-14(17)18)21(27)25-9-7-15-16(12-25)24-20(23-15)13-4-3-8-22-11-13/h1-6,8,10-11H,7,9,12H2,(H,23,24). The number of para-hydroxylation sites is 1. The molecule has 0 spiro atoms. The highest BCUT2D eigenvalue weighted by molar-refractivity contribution is 5.93. The van der Waals surface area contributed by atoms with Gasteiger partial charge in [0.2, 0.25) is 0 Å². The van der Waals surface area contributed by atoms with E-state index in [9.17, 15) is 9.59 Å². The Morgan fingerprint density at radius 1 is 1.18 bits per heavy atom. The molecule has 1 aliphatic rings. The number of imidazole rings is 1. The average molecular weight is 372 g/mol. The number of aromatic nitrogens is 3. The maximum Gasteiger partial charge on any atom is 0.290 e. The lowest BCUT2D eigenvalue weighted by molar-refractivity contribution is 0.0700. The Kier molecular flexibility index (Phi) is 3.79. The summed E-state index contributed by atoms with van der Waals surface area (Å²) in [6.45, 7) is 0.900. The molecule has 0 aliphatic carbocycles. The molecule has 0 radical (unpaired) electrons. The highest BCUT2D eigenvalue weighted by Crippen LogP contribution is 2.23. The van der Waals surface area contributed by atoms with Gasteiger partial charge in [-0.15, -0.1) is 0 Å². The molecule has 1 amide bonds. The summed E-state index contributed by atoms with van der Waals surface area (Å²) in [5.41, 5.74) is 2.93. The van der Waals surface area contributed by atoms with Crippen molar-refractivity contribution < 1.29 is 9.21 Å². The first-order valence-electron chi connectivity index (χ1n) is 8.99. The number of rotatable bonds is 2. The topological polar surface area (TPSA) is 92.1 Å². The van der Waals surface area contributed by atoms with Gasteiger partial charge in [0.25, 0.3) is 5.91 Å². The molecule has 1 aliphatic heterocycles. The van der Waals surface area contributed by atoms with Gasteiger partial charge in [0, 0.05) is 37.0 Å². The zero-order valence-electron chi connectivity index (χ0n) is 14.9. The molecular formula is C21H16N4O3. The molecule has 28 heavy (non-hydrogen) atoms. The van der Waals surface area contributed by atoms with E-state index in [1.54, 1.807) is 41.6 Å². The lowest BCUT2D eigenvalue weighted by Crippen LogP contribution is -2.36. The van der Waals surface area contributed by atoms with Crippen LogP contribution >= 0.6 is 0 Å². The van der Waals surface area contributed by atoms with E-state index in [0.717, 1.165) is 22.8 Å². The molecule has 7 nitrogen and oxygen atoms in total.